The van der Waals surface area contributed by atoms with Crippen LogP contribution in [0.5, 0.6) is 0 Å². The van der Waals surface area contributed by atoms with E-state index < -0.39 is 6.10 Å². The lowest BCUT2D eigenvalue weighted by Gasteiger charge is -2.25. The summed E-state index contributed by atoms with van der Waals surface area (Å²) < 4.78 is 0. The maximum absolute atomic E-state index is 11.6. The van der Waals surface area contributed by atoms with Crippen molar-refractivity contribution in [1.82, 2.24) is 9.80 Å². The molecule has 1 N–H and O–H groups in total. The minimum atomic E-state index is -0.451. The molecule has 1 amide bonds. The van der Waals surface area contributed by atoms with Gasteiger partial charge in [0.05, 0.1) is 12.5 Å². The third kappa shape index (κ3) is 4.28. The zero-order valence-corrected chi connectivity index (χ0v) is 11.4. The summed E-state index contributed by atoms with van der Waals surface area (Å²) in [6.45, 7) is 10.2. The minimum Gasteiger partial charge on any atom is -0.391 e. The number of carbonyl (C=O) groups excluding carboxylic acids is 1. The standard InChI is InChI=1S/C13H26N2O2/c1-4-14(5-2)8-6-7-11(3)15-10-12(16)9-13(15)17/h11-12,16H,4-10H2,1-3H3. The van der Waals surface area contributed by atoms with Gasteiger partial charge in [0, 0.05) is 12.6 Å². The van der Waals surface area contributed by atoms with Crippen LogP contribution in [0.3, 0.4) is 0 Å². The van der Waals surface area contributed by atoms with Gasteiger partial charge >= 0.3 is 0 Å². The Kier molecular flexibility index (Phi) is 5.92. The molecule has 0 aromatic rings. The highest BCUT2D eigenvalue weighted by Crippen LogP contribution is 2.17. The maximum Gasteiger partial charge on any atom is 0.225 e. The van der Waals surface area contributed by atoms with E-state index in [2.05, 4.69) is 25.7 Å². The zero-order valence-electron chi connectivity index (χ0n) is 11.4. The Labute approximate surface area is 105 Å². The fraction of sp³-hybridized carbons (Fsp3) is 0.923. The second-order valence-electron chi connectivity index (χ2n) is 4.92. The molecule has 100 valence electrons. The molecule has 0 saturated carbocycles. The van der Waals surface area contributed by atoms with Crippen molar-refractivity contribution in [3.8, 4) is 0 Å². The fourth-order valence-corrected chi connectivity index (χ4v) is 2.44. The maximum atomic E-state index is 11.6. The van der Waals surface area contributed by atoms with Crippen molar-refractivity contribution in [1.29, 1.82) is 0 Å². The minimum absolute atomic E-state index is 0.104. The number of hydrogen-bond donors (Lipinski definition) is 1. The van der Waals surface area contributed by atoms with Gasteiger partial charge in [-0.25, -0.2) is 0 Å². The highest BCUT2D eigenvalue weighted by molar-refractivity contribution is 5.79. The molecule has 0 aliphatic carbocycles. The van der Waals surface area contributed by atoms with Crippen molar-refractivity contribution < 1.29 is 9.90 Å². The van der Waals surface area contributed by atoms with Crippen molar-refractivity contribution in [3.05, 3.63) is 0 Å². The summed E-state index contributed by atoms with van der Waals surface area (Å²) >= 11 is 0. The number of aliphatic hydroxyl groups is 1. The van der Waals surface area contributed by atoms with Gasteiger partial charge in [-0.2, -0.15) is 0 Å². The molecule has 1 fully saturated rings. The Morgan fingerprint density at radius 3 is 2.59 bits per heavy atom. The van der Waals surface area contributed by atoms with Gasteiger partial charge in [0.25, 0.3) is 0 Å². The zero-order chi connectivity index (χ0) is 12.8. The number of rotatable bonds is 7. The van der Waals surface area contributed by atoms with Gasteiger partial charge in [-0.1, -0.05) is 13.8 Å². The Morgan fingerprint density at radius 1 is 1.47 bits per heavy atom. The molecule has 0 aromatic carbocycles. The van der Waals surface area contributed by atoms with Gasteiger partial charge in [0.15, 0.2) is 0 Å². The molecule has 1 saturated heterocycles. The molecule has 0 aromatic heterocycles. The lowest BCUT2D eigenvalue weighted by atomic mass is 10.1. The highest BCUT2D eigenvalue weighted by atomic mass is 16.3. The Morgan fingerprint density at radius 2 is 2.12 bits per heavy atom. The quantitative estimate of drug-likeness (QED) is 0.727. The lowest BCUT2D eigenvalue weighted by molar-refractivity contribution is -0.129. The largest absolute Gasteiger partial charge is 0.391 e. The summed E-state index contributed by atoms with van der Waals surface area (Å²) in [6, 6.07) is 0.259. The Bertz CT molecular complexity index is 242. The number of hydrogen-bond acceptors (Lipinski definition) is 3. The van der Waals surface area contributed by atoms with Crippen LogP contribution in [0, 0.1) is 0 Å². The van der Waals surface area contributed by atoms with Crippen LogP contribution in [-0.2, 0) is 4.79 Å². The van der Waals surface area contributed by atoms with Gasteiger partial charge in [-0.05, 0) is 39.4 Å². The SMILES string of the molecule is CCN(CC)CCCC(C)N1CC(O)CC1=O. The van der Waals surface area contributed by atoms with E-state index in [9.17, 15) is 9.90 Å². The van der Waals surface area contributed by atoms with E-state index in [1.807, 2.05) is 4.90 Å². The smallest absolute Gasteiger partial charge is 0.225 e. The Balaban J connectivity index is 2.25. The Hall–Kier alpha value is -0.610. The van der Waals surface area contributed by atoms with Crippen LogP contribution in [-0.4, -0.2) is 59.1 Å². The van der Waals surface area contributed by atoms with Gasteiger partial charge in [0.2, 0.25) is 5.91 Å². The molecule has 2 atom stereocenters. The topological polar surface area (TPSA) is 43.8 Å². The summed E-state index contributed by atoms with van der Waals surface area (Å²) in [5.74, 6) is 0.104. The van der Waals surface area contributed by atoms with E-state index in [0.717, 1.165) is 32.5 Å². The number of amides is 1. The molecule has 1 heterocycles. The van der Waals surface area contributed by atoms with E-state index in [1.54, 1.807) is 0 Å². The molecule has 2 unspecified atom stereocenters. The molecule has 0 radical (unpaired) electrons. The van der Waals surface area contributed by atoms with Crippen LogP contribution in [0.1, 0.15) is 40.0 Å². The molecule has 4 heteroatoms. The monoisotopic (exact) mass is 242 g/mol. The van der Waals surface area contributed by atoms with Gasteiger partial charge < -0.3 is 14.9 Å². The summed E-state index contributed by atoms with van der Waals surface area (Å²) in [5.41, 5.74) is 0. The van der Waals surface area contributed by atoms with Crippen molar-refractivity contribution in [2.75, 3.05) is 26.2 Å². The van der Waals surface area contributed by atoms with Gasteiger partial charge in [-0.3, -0.25) is 4.79 Å². The van der Waals surface area contributed by atoms with E-state index in [1.165, 1.54) is 0 Å². The summed E-state index contributed by atoms with van der Waals surface area (Å²) in [4.78, 5) is 15.8. The molecule has 0 spiro atoms. The fourth-order valence-electron chi connectivity index (χ4n) is 2.44. The summed E-state index contributed by atoms with van der Waals surface area (Å²) in [6.07, 6.45) is 1.99. The first-order valence-electron chi connectivity index (χ1n) is 6.78. The van der Waals surface area contributed by atoms with Crippen molar-refractivity contribution in [2.24, 2.45) is 0 Å². The first kappa shape index (κ1) is 14.5. The van der Waals surface area contributed by atoms with E-state index in [-0.39, 0.29) is 11.9 Å². The van der Waals surface area contributed by atoms with Crippen LogP contribution in [0.2, 0.25) is 0 Å². The van der Waals surface area contributed by atoms with Gasteiger partial charge in [-0.15, -0.1) is 0 Å². The second-order valence-corrected chi connectivity index (χ2v) is 4.92. The summed E-state index contributed by atoms with van der Waals surface area (Å²) in [7, 11) is 0. The second kappa shape index (κ2) is 6.97. The van der Waals surface area contributed by atoms with Gasteiger partial charge in [0.1, 0.15) is 0 Å². The first-order chi connectivity index (χ1) is 8.08. The number of nitrogens with zero attached hydrogens (tertiary/aromatic N) is 2. The number of carbonyl (C=O) groups is 1. The normalized spacial score (nSPS) is 22.5. The number of likely N-dealkylation sites (tertiary alicyclic amines) is 1. The van der Waals surface area contributed by atoms with Crippen molar-refractivity contribution in [2.45, 2.75) is 52.2 Å². The summed E-state index contributed by atoms with van der Waals surface area (Å²) in [5, 5.41) is 9.44. The molecular weight excluding hydrogens is 216 g/mol. The van der Waals surface area contributed by atoms with Crippen LogP contribution in [0.4, 0.5) is 0 Å². The predicted molar refractivity (Wildman–Crippen MR) is 68.8 cm³/mol. The van der Waals surface area contributed by atoms with Crippen LogP contribution >= 0.6 is 0 Å². The molecule has 1 rings (SSSR count). The highest BCUT2D eigenvalue weighted by Gasteiger charge is 2.30. The third-order valence-electron chi connectivity index (χ3n) is 3.66. The molecular formula is C13H26N2O2. The van der Waals surface area contributed by atoms with Crippen LogP contribution in [0.25, 0.3) is 0 Å². The average Bonchev–Trinajstić information content (AvgIpc) is 2.64. The van der Waals surface area contributed by atoms with E-state index >= 15 is 0 Å². The number of β-amino-alcohol motifs (C(OH)–C–C–N with tert-alkyl or cyclic N) is 1. The lowest BCUT2D eigenvalue weighted by Crippen LogP contribution is -2.35. The molecule has 1 aliphatic heterocycles. The first-order valence-corrected chi connectivity index (χ1v) is 6.78. The number of aliphatic hydroxyl groups excluding tert-OH is 1. The molecule has 1 aliphatic rings. The van der Waals surface area contributed by atoms with Crippen LogP contribution in [0.15, 0.2) is 0 Å². The van der Waals surface area contributed by atoms with E-state index in [0.29, 0.717) is 13.0 Å². The molecule has 0 bridgehead atoms. The third-order valence-corrected chi connectivity index (χ3v) is 3.66. The predicted octanol–water partition coefficient (Wildman–Crippen LogP) is 1.09. The van der Waals surface area contributed by atoms with Crippen molar-refractivity contribution >= 4 is 5.91 Å². The van der Waals surface area contributed by atoms with E-state index in [4.69, 9.17) is 0 Å². The van der Waals surface area contributed by atoms with Crippen LogP contribution < -0.4 is 0 Å². The average molecular weight is 242 g/mol. The molecule has 17 heavy (non-hydrogen) atoms. The molecule has 4 nitrogen and oxygen atoms in total. The van der Waals surface area contributed by atoms with Crippen molar-refractivity contribution in [3.63, 3.8) is 0 Å².